The molecule has 9 nitrogen and oxygen atoms in total. The van der Waals surface area contributed by atoms with Gasteiger partial charge in [0.2, 0.25) is 15.9 Å². The molecule has 2 N–H and O–H groups in total. The van der Waals surface area contributed by atoms with Crippen LogP contribution in [0.2, 0.25) is 0 Å². The van der Waals surface area contributed by atoms with Gasteiger partial charge in [0.1, 0.15) is 16.1 Å². The molecule has 1 unspecified atom stereocenters. The van der Waals surface area contributed by atoms with Crippen LogP contribution in [0.4, 0.5) is 0 Å². The molecular formula is C17H25N3O6S. The molecule has 0 aromatic carbocycles. The van der Waals surface area contributed by atoms with Gasteiger partial charge < -0.3 is 14.5 Å². The normalized spacial score (nSPS) is 22.3. The van der Waals surface area contributed by atoms with Crippen LogP contribution in [-0.2, 0) is 19.6 Å². The molecule has 1 saturated carbocycles. The number of carbonyl (C=O) groups is 2. The lowest BCUT2D eigenvalue weighted by Crippen LogP contribution is -2.59. The summed E-state index contributed by atoms with van der Waals surface area (Å²) in [4.78, 5) is 26.0. The number of nitrogens with one attached hydrogen (secondary N) is 1. The fourth-order valence-corrected chi connectivity index (χ4v) is 6.05. The molecule has 3 rings (SSSR count). The molecule has 1 aliphatic carbocycles. The third-order valence-electron chi connectivity index (χ3n) is 5.48. The zero-order valence-electron chi connectivity index (χ0n) is 15.5. The summed E-state index contributed by atoms with van der Waals surface area (Å²) >= 11 is 0. The summed E-state index contributed by atoms with van der Waals surface area (Å²) in [6, 6.07) is -0.393. The standard InChI is InChI=1S/C17H25N3O6S/c1-11-15(12(2)26-18-11)27(24,25)19-17(7-3-4-8-17)16(23)20-9-5-6-13(20)10-14(21)22/h13,19H,3-10H2,1-2H3,(H,21,22). The van der Waals surface area contributed by atoms with E-state index in [2.05, 4.69) is 9.88 Å². The van der Waals surface area contributed by atoms with E-state index in [4.69, 9.17) is 9.63 Å². The number of sulfonamides is 1. The van der Waals surface area contributed by atoms with E-state index in [1.807, 2.05) is 0 Å². The molecule has 1 aromatic heterocycles. The van der Waals surface area contributed by atoms with Crippen LogP contribution >= 0.6 is 0 Å². The molecule has 1 saturated heterocycles. The Morgan fingerprint density at radius 1 is 1.30 bits per heavy atom. The molecule has 150 valence electrons. The summed E-state index contributed by atoms with van der Waals surface area (Å²) in [5.41, 5.74) is -0.999. The van der Waals surface area contributed by atoms with Crippen LogP contribution in [0, 0.1) is 13.8 Å². The summed E-state index contributed by atoms with van der Waals surface area (Å²) in [6.07, 6.45) is 3.45. The first-order chi connectivity index (χ1) is 12.7. The van der Waals surface area contributed by atoms with Crippen molar-refractivity contribution in [1.29, 1.82) is 0 Å². The van der Waals surface area contributed by atoms with E-state index in [-0.39, 0.29) is 28.7 Å². The van der Waals surface area contributed by atoms with Crippen molar-refractivity contribution >= 4 is 21.9 Å². The van der Waals surface area contributed by atoms with Crippen molar-refractivity contribution in [2.45, 2.75) is 75.3 Å². The summed E-state index contributed by atoms with van der Waals surface area (Å²) < 4.78 is 33.6. The van der Waals surface area contributed by atoms with Gasteiger partial charge in [-0.15, -0.1) is 0 Å². The number of aryl methyl sites for hydroxylation is 2. The Morgan fingerprint density at radius 3 is 2.52 bits per heavy atom. The minimum Gasteiger partial charge on any atom is -0.481 e. The topological polar surface area (TPSA) is 130 Å². The van der Waals surface area contributed by atoms with Gasteiger partial charge in [-0.25, -0.2) is 8.42 Å². The van der Waals surface area contributed by atoms with Crippen LogP contribution < -0.4 is 4.72 Å². The van der Waals surface area contributed by atoms with Gasteiger partial charge in [0.25, 0.3) is 0 Å². The zero-order valence-corrected chi connectivity index (χ0v) is 16.3. The van der Waals surface area contributed by atoms with Crippen LogP contribution in [0.15, 0.2) is 9.42 Å². The maximum absolute atomic E-state index is 13.3. The maximum atomic E-state index is 13.3. The van der Waals surface area contributed by atoms with Crippen molar-refractivity contribution in [3.05, 3.63) is 11.5 Å². The molecule has 1 amide bonds. The number of nitrogens with zero attached hydrogens (tertiary/aromatic N) is 2. The summed E-state index contributed by atoms with van der Waals surface area (Å²) in [5.74, 6) is -1.11. The van der Waals surface area contributed by atoms with Crippen molar-refractivity contribution < 1.29 is 27.6 Å². The van der Waals surface area contributed by atoms with E-state index in [1.165, 1.54) is 13.8 Å². The molecule has 0 bridgehead atoms. The van der Waals surface area contributed by atoms with Crippen LogP contribution in [0.3, 0.4) is 0 Å². The molecule has 2 fully saturated rings. The molecule has 0 spiro atoms. The van der Waals surface area contributed by atoms with E-state index in [0.29, 0.717) is 25.8 Å². The summed E-state index contributed by atoms with van der Waals surface area (Å²) in [7, 11) is -4.01. The number of hydrogen-bond acceptors (Lipinski definition) is 6. The number of amides is 1. The van der Waals surface area contributed by atoms with E-state index in [0.717, 1.165) is 19.3 Å². The predicted octanol–water partition coefficient (Wildman–Crippen LogP) is 1.35. The minimum absolute atomic E-state index is 0.0370. The Bertz CT molecular complexity index is 821. The van der Waals surface area contributed by atoms with Crippen molar-refractivity contribution in [2.24, 2.45) is 0 Å². The molecule has 0 radical (unpaired) electrons. The lowest BCUT2D eigenvalue weighted by atomic mass is 9.96. The Hall–Kier alpha value is -1.94. The van der Waals surface area contributed by atoms with Crippen LogP contribution in [0.25, 0.3) is 0 Å². The highest BCUT2D eigenvalue weighted by molar-refractivity contribution is 7.89. The van der Waals surface area contributed by atoms with Crippen LogP contribution in [0.1, 0.15) is 56.4 Å². The Balaban J connectivity index is 1.90. The van der Waals surface area contributed by atoms with Crippen LogP contribution in [-0.4, -0.2) is 53.6 Å². The molecule has 27 heavy (non-hydrogen) atoms. The first-order valence-electron chi connectivity index (χ1n) is 9.16. The summed E-state index contributed by atoms with van der Waals surface area (Å²) in [5, 5.41) is 12.8. The number of carboxylic acids is 1. The van der Waals surface area contributed by atoms with E-state index >= 15 is 0 Å². The van der Waals surface area contributed by atoms with Crippen molar-refractivity contribution in [2.75, 3.05) is 6.54 Å². The van der Waals surface area contributed by atoms with E-state index < -0.39 is 27.6 Å². The van der Waals surface area contributed by atoms with Crippen LogP contribution in [0.5, 0.6) is 0 Å². The Kier molecular flexibility index (Phi) is 5.31. The molecule has 1 aliphatic heterocycles. The van der Waals surface area contributed by atoms with Gasteiger partial charge in [0.05, 0.1) is 6.42 Å². The third kappa shape index (κ3) is 3.73. The second-order valence-electron chi connectivity index (χ2n) is 7.44. The molecular weight excluding hydrogens is 374 g/mol. The maximum Gasteiger partial charge on any atom is 0.305 e. The van der Waals surface area contributed by atoms with Crippen molar-refractivity contribution in [3.63, 3.8) is 0 Å². The zero-order chi connectivity index (χ0) is 19.8. The molecule has 10 heteroatoms. The predicted molar refractivity (Wildman–Crippen MR) is 94.5 cm³/mol. The highest BCUT2D eigenvalue weighted by Crippen LogP contribution is 2.36. The lowest BCUT2D eigenvalue weighted by molar-refractivity contribution is -0.142. The van der Waals surface area contributed by atoms with Gasteiger partial charge in [0, 0.05) is 12.6 Å². The number of carbonyl (C=O) groups excluding carboxylic acids is 1. The number of carboxylic acid groups (broad SMARTS) is 1. The van der Waals surface area contributed by atoms with Gasteiger partial charge in [-0.1, -0.05) is 18.0 Å². The van der Waals surface area contributed by atoms with Gasteiger partial charge in [-0.05, 0) is 39.5 Å². The van der Waals surface area contributed by atoms with Crippen molar-refractivity contribution in [3.8, 4) is 0 Å². The highest BCUT2D eigenvalue weighted by atomic mass is 32.2. The number of rotatable bonds is 6. The number of likely N-dealkylation sites (tertiary alicyclic amines) is 1. The third-order valence-corrected chi connectivity index (χ3v) is 7.26. The monoisotopic (exact) mass is 399 g/mol. The summed E-state index contributed by atoms with van der Waals surface area (Å²) in [6.45, 7) is 3.50. The highest BCUT2D eigenvalue weighted by Gasteiger charge is 2.49. The van der Waals surface area contributed by atoms with Gasteiger partial charge in [-0.2, -0.15) is 4.72 Å². The smallest absolute Gasteiger partial charge is 0.305 e. The first kappa shape index (κ1) is 19.8. The fourth-order valence-electron chi connectivity index (χ4n) is 4.30. The molecule has 1 atom stereocenters. The Labute approximate surface area is 158 Å². The SMILES string of the molecule is Cc1noc(C)c1S(=O)(=O)NC1(C(=O)N2CCCC2CC(=O)O)CCCC1. The number of hydrogen-bond donors (Lipinski definition) is 2. The lowest BCUT2D eigenvalue weighted by Gasteiger charge is -2.35. The number of aliphatic carboxylic acids is 1. The van der Waals surface area contributed by atoms with E-state index in [1.54, 1.807) is 4.90 Å². The second kappa shape index (κ2) is 7.23. The minimum atomic E-state index is -4.01. The molecule has 1 aromatic rings. The van der Waals surface area contributed by atoms with Gasteiger partial charge in [0.15, 0.2) is 5.76 Å². The van der Waals surface area contributed by atoms with E-state index in [9.17, 15) is 18.0 Å². The fraction of sp³-hybridized carbons (Fsp3) is 0.706. The van der Waals surface area contributed by atoms with Gasteiger partial charge in [-0.3, -0.25) is 9.59 Å². The first-order valence-corrected chi connectivity index (χ1v) is 10.6. The quantitative estimate of drug-likeness (QED) is 0.738. The molecule has 2 heterocycles. The molecule has 2 aliphatic rings. The number of aromatic nitrogens is 1. The van der Waals surface area contributed by atoms with Gasteiger partial charge >= 0.3 is 5.97 Å². The Morgan fingerprint density at radius 2 is 1.96 bits per heavy atom. The average Bonchev–Trinajstić information content (AvgIpc) is 3.27. The second-order valence-corrected chi connectivity index (χ2v) is 9.06. The van der Waals surface area contributed by atoms with Crippen molar-refractivity contribution in [1.82, 2.24) is 14.8 Å². The largest absolute Gasteiger partial charge is 0.481 e. The average molecular weight is 399 g/mol.